The first-order chi connectivity index (χ1) is 15.0. The van der Waals surface area contributed by atoms with E-state index in [0.29, 0.717) is 36.6 Å². The van der Waals surface area contributed by atoms with Gasteiger partial charge in [0.1, 0.15) is 0 Å². The number of carbonyl (C=O) groups excluding carboxylic acids is 1. The Bertz CT molecular complexity index is 1480. The number of hydrogen-bond acceptors (Lipinski definition) is 5. The van der Waals surface area contributed by atoms with Crippen molar-refractivity contribution < 1.29 is 13.2 Å². The second kappa shape index (κ2) is 6.74. The van der Waals surface area contributed by atoms with Crippen molar-refractivity contribution in [3.63, 3.8) is 0 Å². The zero-order valence-corrected chi connectivity index (χ0v) is 18.0. The summed E-state index contributed by atoms with van der Waals surface area (Å²) in [5, 5.41) is 0.924. The summed E-state index contributed by atoms with van der Waals surface area (Å²) in [6.07, 6.45) is 1.76. The molecule has 0 aliphatic carbocycles. The summed E-state index contributed by atoms with van der Waals surface area (Å²) >= 11 is 1.43. The van der Waals surface area contributed by atoms with Gasteiger partial charge in [0.05, 0.1) is 26.2 Å². The van der Waals surface area contributed by atoms with Crippen LogP contribution in [0.1, 0.15) is 10.4 Å². The van der Waals surface area contributed by atoms with E-state index in [1.807, 2.05) is 24.3 Å². The molecular formula is C22H18N4O3S2. The Balaban J connectivity index is 1.14. The molecule has 0 atom stereocenters. The third-order valence-electron chi connectivity index (χ3n) is 6.05. The van der Waals surface area contributed by atoms with Crippen molar-refractivity contribution >= 4 is 48.4 Å². The fourth-order valence-electron chi connectivity index (χ4n) is 4.12. The molecule has 9 heteroatoms. The summed E-state index contributed by atoms with van der Waals surface area (Å²) in [7, 11) is -3.52. The number of likely N-dealkylation sites (tertiary alicyclic amines) is 1. The van der Waals surface area contributed by atoms with Gasteiger partial charge in [0, 0.05) is 43.3 Å². The molecule has 7 nitrogen and oxygen atoms in total. The van der Waals surface area contributed by atoms with Crippen LogP contribution in [0.4, 0.5) is 0 Å². The maximum atomic E-state index is 12.9. The third-order valence-corrected chi connectivity index (χ3v) is 8.62. The number of hydrogen-bond donors (Lipinski definition) is 1. The SMILES string of the molecule is O=C(c1c[nH]c2ccccc12)N1CC(=C2CN(S(=O)(=O)c3ccc4ncsc4c3)C2)C1. The number of nitrogens with one attached hydrogen (secondary N) is 1. The minimum absolute atomic E-state index is 0.00320. The van der Waals surface area contributed by atoms with Crippen LogP contribution in [0.2, 0.25) is 0 Å². The molecule has 2 aromatic heterocycles. The first-order valence-corrected chi connectivity index (χ1v) is 12.2. The molecule has 1 amide bonds. The molecule has 31 heavy (non-hydrogen) atoms. The van der Waals surface area contributed by atoms with Gasteiger partial charge in [-0.2, -0.15) is 4.31 Å². The summed E-state index contributed by atoms with van der Waals surface area (Å²) in [6, 6.07) is 12.8. The Morgan fingerprint density at radius 2 is 1.81 bits per heavy atom. The van der Waals surface area contributed by atoms with Gasteiger partial charge in [-0.1, -0.05) is 18.2 Å². The number of H-pyrrole nitrogens is 1. The minimum atomic E-state index is -3.52. The molecule has 6 rings (SSSR count). The van der Waals surface area contributed by atoms with E-state index >= 15 is 0 Å². The minimum Gasteiger partial charge on any atom is -0.360 e. The van der Waals surface area contributed by atoms with Crippen molar-refractivity contribution in [2.75, 3.05) is 26.2 Å². The van der Waals surface area contributed by atoms with E-state index in [1.54, 1.807) is 34.8 Å². The molecule has 2 fully saturated rings. The standard InChI is InChI=1S/C22H18N4O3S2/c27-22(18-8-23-19-4-2-1-3-17(18)19)25-9-14(10-25)15-11-26(12-15)31(28,29)16-5-6-20-21(7-16)30-13-24-20/h1-8,13,23H,9-12H2. The molecule has 0 radical (unpaired) electrons. The average Bonchev–Trinajstić information content (AvgIpc) is 3.34. The van der Waals surface area contributed by atoms with E-state index < -0.39 is 10.0 Å². The number of para-hydroxylation sites is 1. The van der Waals surface area contributed by atoms with Gasteiger partial charge in [-0.05, 0) is 35.4 Å². The Hall–Kier alpha value is -3.01. The van der Waals surface area contributed by atoms with E-state index in [2.05, 4.69) is 9.97 Å². The highest BCUT2D eigenvalue weighted by atomic mass is 32.2. The highest BCUT2D eigenvalue weighted by molar-refractivity contribution is 7.89. The number of amides is 1. The number of rotatable bonds is 3. The fourth-order valence-corrected chi connectivity index (χ4v) is 6.37. The van der Waals surface area contributed by atoms with Gasteiger partial charge in [-0.25, -0.2) is 13.4 Å². The zero-order valence-electron chi connectivity index (χ0n) is 16.4. The van der Waals surface area contributed by atoms with Crippen LogP contribution in [0.3, 0.4) is 0 Å². The second-order valence-corrected chi connectivity index (χ2v) is 10.7. The lowest BCUT2D eigenvalue weighted by Crippen LogP contribution is -2.51. The van der Waals surface area contributed by atoms with Crippen LogP contribution in [0, 0.1) is 0 Å². The van der Waals surface area contributed by atoms with Crippen LogP contribution in [0.15, 0.2) is 70.2 Å². The quantitative estimate of drug-likeness (QED) is 0.486. The maximum Gasteiger partial charge on any atom is 0.256 e. The van der Waals surface area contributed by atoms with Crippen molar-refractivity contribution in [1.82, 2.24) is 19.2 Å². The topological polar surface area (TPSA) is 86.4 Å². The largest absolute Gasteiger partial charge is 0.360 e. The van der Waals surface area contributed by atoms with E-state index in [0.717, 1.165) is 32.3 Å². The van der Waals surface area contributed by atoms with Crippen LogP contribution < -0.4 is 0 Å². The van der Waals surface area contributed by atoms with Crippen LogP contribution in [0.25, 0.3) is 21.1 Å². The van der Waals surface area contributed by atoms with Gasteiger partial charge in [0.2, 0.25) is 10.0 Å². The monoisotopic (exact) mass is 450 g/mol. The maximum absolute atomic E-state index is 12.9. The predicted octanol–water partition coefficient (Wildman–Crippen LogP) is 3.23. The number of fused-ring (bicyclic) bond motifs is 2. The van der Waals surface area contributed by atoms with Crippen molar-refractivity contribution in [2.45, 2.75) is 4.90 Å². The summed E-state index contributed by atoms with van der Waals surface area (Å²) in [4.78, 5) is 22.3. The summed E-state index contributed by atoms with van der Waals surface area (Å²) in [6.45, 7) is 1.92. The van der Waals surface area contributed by atoms with Crippen LogP contribution in [0.5, 0.6) is 0 Å². The van der Waals surface area contributed by atoms with Gasteiger partial charge in [0.25, 0.3) is 5.91 Å². The summed E-state index contributed by atoms with van der Waals surface area (Å²) < 4.78 is 28.2. The molecule has 0 spiro atoms. The van der Waals surface area contributed by atoms with Crippen LogP contribution in [-0.2, 0) is 10.0 Å². The molecule has 0 bridgehead atoms. The summed E-state index contributed by atoms with van der Waals surface area (Å²) in [5.74, 6) is 0.00320. The first kappa shape index (κ1) is 18.7. The molecule has 2 aliphatic heterocycles. The molecule has 156 valence electrons. The predicted molar refractivity (Wildman–Crippen MR) is 120 cm³/mol. The number of carbonyl (C=O) groups is 1. The Labute approximate surface area is 182 Å². The van der Waals surface area contributed by atoms with Gasteiger partial charge in [-0.3, -0.25) is 4.79 Å². The lowest BCUT2D eigenvalue weighted by Gasteiger charge is -2.41. The van der Waals surface area contributed by atoms with Gasteiger partial charge in [0.15, 0.2) is 0 Å². The normalized spacial score (nSPS) is 17.2. The molecular weight excluding hydrogens is 432 g/mol. The molecule has 0 unspecified atom stereocenters. The number of benzene rings is 2. The highest BCUT2D eigenvalue weighted by Crippen LogP contribution is 2.32. The molecule has 2 saturated heterocycles. The number of thiazole rings is 1. The Kier molecular flexibility index (Phi) is 4.08. The number of aromatic nitrogens is 2. The molecule has 0 saturated carbocycles. The van der Waals surface area contributed by atoms with Crippen molar-refractivity contribution in [3.05, 3.63) is 70.9 Å². The van der Waals surface area contributed by atoms with Gasteiger partial charge >= 0.3 is 0 Å². The number of aromatic amines is 1. The first-order valence-electron chi connectivity index (χ1n) is 9.89. The third kappa shape index (κ3) is 2.92. The molecule has 4 aromatic rings. The molecule has 4 heterocycles. The van der Waals surface area contributed by atoms with E-state index in [9.17, 15) is 13.2 Å². The lowest BCUT2D eigenvalue weighted by molar-refractivity contribution is 0.0724. The zero-order chi connectivity index (χ0) is 21.2. The van der Waals surface area contributed by atoms with Gasteiger partial charge < -0.3 is 9.88 Å². The van der Waals surface area contributed by atoms with E-state index in [1.165, 1.54) is 15.6 Å². The van der Waals surface area contributed by atoms with Crippen LogP contribution >= 0.6 is 11.3 Å². The molecule has 2 aliphatic rings. The Morgan fingerprint density at radius 1 is 1.03 bits per heavy atom. The van der Waals surface area contributed by atoms with Crippen LogP contribution in [-0.4, -0.2) is 59.7 Å². The van der Waals surface area contributed by atoms with E-state index in [-0.39, 0.29) is 5.91 Å². The highest BCUT2D eigenvalue weighted by Gasteiger charge is 2.38. The second-order valence-electron chi connectivity index (χ2n) is 7.87. The Morgan fingerprint density at radius 3 is 2.65 bits per heavy atom. The van der Waals surface area contributed by atoms with Crippen molar-refractivity contribution in [1.29, 1.82) is 0 Å². The van der Waals surface area contributed by atoms with Gasteiger partial charge in [-0.15, -0.1) is 11.3 Å². The fraction of sp³-hybridized carbons (Fsp3) is 0.182. The smallest absolute Gasteiger partial charge is 0.256 e. The van der Waals surface area contributed by atoms with Crippen molar-refractivity contribution in [3.8, 4) is 0 Å². The van der Waals surface area contributed by atoms with Crippen molar-refractivity contribution in [2.24, 2.45) is 0 Å². The summed E-state index contributed by atoms with van der Waals surface area (Å²) in [5.41, 5.74) is 6.43. The van der Waals surface area contributed by atoms with E-state index in [4.69, 9.17) is 0 Å². The lowest BCUT2D eigenvalue weighted by atomic mass is 9.96. The number of nitrogens with zero attached hydrogens (tertiary/aromatic N) is 3. The molecule has 1 N–H and O–H groups in total. The molecule has 2 aromatic carbocycles. The average molecular weight is 451 g/mol. The number of sulfonamides is 1.